The first-order valence-electron chi connectivity index (χ1n) is 20.5. The zero-order chi connectivity index (χ0) is 44.2. The second-order valence-electron chi connectivity index (χ2n) is 16.3. The van der Waals surface area contributed by atoms with E-state index in [0.29, 0.717) is 45.3 Å². The third-order valence-electron chi connectivity index (χ3n) is 11.8. The molecule has 1 fully saturated rings. The Hall–Kier alpha value is -6.32. The second-order valence-corrected chi connectivity index (χ2v) is 20.3. The van der Waals surface area contributed by atoms with E-state index >= 15 is 4.79 Å². The average molecular weight is 857 g/mol. The van der Waals surface area contributed by atoms with Crippen LogP contribution in [0.25, 0.3) is 0 Å². The van der Waals surface area contributed by atoms with Crippen LogP contribution < -0.4 is 25.0 Å². The Balaban J connectivity index is 1.23. The summed E-state index contributed by atoms with van der Waals surface area (Å²) >= 11 is 0. The number of ether oxygens (including phenoxy) is 3. The Bertz CT molecular complexity index is 2420. The van der Waals surface area contributed by atoms with Gasteiger partial charge in [0, 0.05) is 52.6 Å². The highest BCUT2D eigenvalue weighted by atomic mass is 28.4. The molecule has 7 rings (SSSR count). The van der Waals surface area contributed by atoms with Crippen LogP contribution in [0.2, 0.25) is 18.6 Å². The summed E-state index contributed by atoms with van der Waals surface area (Å²) < 4.78 is 17.5. The van der Waals surface area contributed by atoms with E-state index in [4.69, 9.17) is 14.2 Å². The lowest BCUT2D eigenvalue weighted by Gasteiger charge is -2.32. The van der Waals surface area contributed by atoms with Crippen LogP contribution in [0, 0.1) is 5.92 Å². The number of aliphatic hydroxyl groups excluding tert-OH is 1. The molecule has 1 spiro atoms. The van der Waals surface area contributed by atoms with Crippen molar-refractivity contribution in [2.24, 2.45) is 5.92 Å². The molecule has 5 aromatic carbocycles. The Kier molecular flexibility index (Phi) is 12.9. The number of anilines is 3. The van der Waals surface area contributed by atoms with Crippen LogP contribution in [-0.2, 0) is 33.0 Å². The van der Waals surface area contributed by atoms with Crippen molar-refractivity contribution in [2.45, 2.75) is 56.8 Å². The van der Waals surface area contributed by atoms with Crippen molar-refractivity contribution in [2.75, 3.05) is 42.9 Å². The highest BCUT2D eigenvalue weighted by Crippen LogP contribution is 2.60. The van der Waals surface area contributed by atoms with Crippen molar-refractivity contribution < 1.29 is 43.3 Å². The first-order valence-corrected chi connectivity index (χ1v) is 23.6. The smallest absolute Gasteiger partial charge is 0.264 e. The quantitative estimate of drug-likeness (QED) is 0.0814. The van der Waals surface area contributed by atoms with E-state index in [9.17, 15) is 24.3 Å². The molecule has 0 unspecified atom stereocenters. The molecular weight excluding hydrogens is 805 g/mol. The maximum absolute atomic E-state index is 15.3. The van der Waals surface area contributed by atoms with Gasteiger partial charge in [-0.25, -0.2) is 0 Å². The molecule has 0 aliphatic carbocycles. The largest absolute Gasteiger partial charge is 0.497 e. The zero-order valence-corrected chi connectivity index (χ0v) is 36.5. The molecular formula is C48H52N4O9Si. The number of amides is 4. The molecule has 4 N–H and O–H groups in total. The highest BCUT2D eigenvalue weighted by Gasteiger charge is 2.66. The van der Waals surface area contributed by atoms with Crippen molar-refractivity contribution in [3.8, 4) is 11.5 Å². The second kappa shape index (κ2) is 18.3. The molecule has 322 valence electrons. The van der Waals surface area contributed by atoms with Gasteiger partial charge in [0.1, 0.15) is 11.5 Å². The van der Waals surface area contributed by atoms with E-state index in [1.54, 1.807) is 122 Å². The molecule has 62 heavy (non-hydrogen) atoms. The van der Waals surface area contributed by atoms with Gasteiger partial charge < -0.3 is 44.5 Å². The zero-order valence-electron chi connectivity index (χ0n) is 35.5. The molecule has 5 aromatic rings. The minimum absolute atomic E-state index is 0.0954. The van der Waals surface area contributed by atoms with Gasteiger partial charge in [-0.1, -0.05) is 49.4 Å². The Morgan fingerprint density at radius 3 is 1.94 bits per heavy atom. The van der Waals surface area contributed by atoms with Crippen LogP contribution in [0.1, 0.15) is 50.8 Å². The normalized spacial score (nSPS) is 19.2. The first-order chi connectivity index (χ1) is 29.7. The molecule has 13 nitrogen and oxygen atoms in total. The van der Waals surface area contributed by atoms with Gasteiger partial charge in [0.05, 0.1) is 45.6 Å². The van der Waals surface area contributed by atoms with Gasteiger partial charge in [-0.3, -0.25) is 19.2 Å². The summed E-state index contributed by atoms with van der Waals surface area (Å²) in [5.41, 5.74) is 2.26. The number of benzene rings is 5. The number of hydrogen-bond acceptors (Lipinski definition) is 9. The Morgan fingerprint density at radius 2 is 1.37 bits per heavy atom. The fourth-order valence-electron chi connectivity index (χ4n) is 8.85. The van der Waals surface area contributed by atoms with Crippen molar-refractivity contribution in [3.63, 3.8) is 0 Å². The molecule has 14 heteroatoms. The summed E-state index contributed by atoms with van der Waals surface area (Å²) in [5.74, 6) is -0.708. The maximum Gasteiger partial charge on any atom is 0.264 e. The lowest BCUT2D eigenvalue weighted by atomic mass is 9.82. The van der Waals surface area contributed by atoms with Gasteiger partial charge in [-0.05, 0) is 103 Å². The molecule has 0 saturated carbocycles. The number of carbonyl (C=O) groups is 4. The molecule has 2 heterocycles. The van der Waals surface area contributed by atoms with Gasteiger partial charge in [0.25, 0.3) is 17.7 Å². The molecule has 2 aliphatic heterocycles. The Labute approximate surface area is 362 Å². The minimum atomic E-state index is -3.18. The number of methoxy groups -OCH3 is 2. The third kappa shape index (κ3) is 9.00. The molecule has 1 saturated heterocycles. The van der Waals surface area contributed by atoms with E-state index in [0.717, 1.165) is 11.1 Å². The molecule has 4 amide bonds. The summed E-state index contributed by atoms with van der Waals surface area (Å²) in [6.45, 7) is 5.69. The standard InChI is InChI=1S/C48H52N4O9Si/c1-31-44(62(4,5)58)42(28-43(54)51(24-25-53)29-32-10-7-6-8-11-32)61-48(31)40-27-37(50-46(56)35-16-21-39(60-3)22-17-35)18-23-41(40)52(47(48)57)30-33-12-9-13-36(26-33)49-45(55)34-14-19-38(59-2)20-15-34/h6-23,26-27,31,42,44,53,58H,24-25,28-30H2,1-5H3,(H,49,55)(H,50,56)/t31-,42+,44-,48+/m1/s1. The number of rotatable bonds is 15. The number of aliphatic hydroxyl groups is 1. The van der Waals surface area contributed by atoms with E-state index < -0.39 is 31.5 Å². The molecule has 0 radical (unpaired) electrons. The van der Waals surface area contributed by atoms with Gasteiger partial charge in [0.2, 0.25) is 5.91 Å². The van der Waals surface area contributed by atoms with Crippen molar-refractivity contribution in [3.05, 3.63) is 149 Å². The van der Waals surface area contributed by atoms with Crippen LogP contribution in [-0.4, -0.2) is 80.2 Å². The summed E-state index contributed by atoms with van der Waals surface area (Å²) in [4.78, 5) is 71.3. The lowest BCUT2D eigenvalue weighted by Crippen LogP contribution is -2.46. The predicted molar refractivity (Wildman–Crippen MR) is 239 cm³/mol. The molecule has 2 aliphatic rings. The summed E-state index contributed by atoms with van der Waals surface area (Å²) in [7, 11) is -0.0729. The van der Waals surface area contributed by atoms with E-state index in [1.807, 2.05) is 43.3 Å². The van der Waals surface area contributed by atoms with E-state index in [-0.39, 0.29) is 56.3 Å². The minimum Gasteiger partial charge on any atom is -0.497 e. The van der Waals surface area contributed by atoms with Gasteiger partial charge in [0.15, 0.2) is 13.9 Å². The maximum atomic E-state index is 15.3. The lowest BCUT2D eigenvalue weighted by molar-refractivity contribution is -0.150. The topological polar surface area (TPSA) is 167 Å². The van der Waals surface area contributed by atoms with Gasteiger partial charge in [-0.15, -0.1) is 0 Å². The number of carbonyl (C=O) groups excluding carboxylic acids is 4. The third-order valence-corrected chi connectivity index (χ3v) is 14.3. The van der Waals surface area contributed by atoms with Crippen LogP contribution in [0.5, 0.6) is 11.5 Å². The molecule has 0 bridgehead atoms. The van der Waals surface area contributed by atoms with Crippen molar-refractivity contribution >= 4 is 49.0 Å². The fourth-order valence-corrected chi connectivity index (χ4v) is 11.4. The SMILES string of the molecule is COc1ccc(C(=O)Nc2cccc(CN3C(=O)[C@@]4(O[C@@H](CC(=O)N(CCO)Cc5ccccc5)[C@H]([Si](C)(C)O)[C@H]4C)c4cc(NC(=O)c5ccc(OC)cc5)ccc43)c2)cc1. The predicted octanol–water partition coefficient (Wildman–Crippen LogP) is 6.96. The van der Waals surface area contributed by atoms with Gasteiger partial charge >= 0.3 is 0 Å². The Morgan fingerprint density at radius 1 is 0.790 bits per heavy atom. The summed E-state index contributed by atoms with van der Waals surface area (Å²) in [5, 5.41) is 15.9. The molecule has 4 atom stereocenters. The number of nitrogens with one attached hydrogen (secondary N) is 2. The van der Waals surface area contributed by atoms with Gasteiger partial charge in [-0.2, -0.15) is 0 Å². The van der Waals surface area contributed by atoms with E-state index in [1.165, 1.54) is 0 Å². The number of hydrogen-bond donors (Lipinski definition) is 4. The number of fused-ring (bicyclic) bond motifs is 2. The van der Waals surface area contributed by atoms with Crippen LogP contribution in [0.4, 0.5) is 17.1 Å². The fraction of sp³-hybridized carbons (Fsp3) is 0.292. The summed E-state index contributed by atoms with van der Waals surface area (Å²) in [6, 6.07) is 35.4. The van der Waals surface area contributed by atoms with Crippen molar-refractivity contribution in [1.82, 2.24) is 4.90 Å². The number of nitrogens with zero attached hydrogens (tertiary/aromatic N) is 2. The van der Waals surface area contributed by atoms with Crippen LogP contribution in [0.15, 0.2) is 121 Å². The van der Waals surface area contributed by atoms with Crippen molar-refractivity contribution in [1.29, 1.82) is 0 Å². The van der Waals surface area contributed by atoms with E-state index in [2.05, 4.69) is 10.6 Å². The molecule has 0 aromatic heterocycles. The average Bonchev–Trinajstić information content (AvgIpc) is 3.69. The van der Waals surface area contributed by atoms with Crippen LogP contribution >= 0.6 is 0 Å². The van der Waals surface area contributed by atoms with Crippen LogP contribution in [0.3, 0.4) is 0 Å². The first kappa shape index (κ1) is 43.8. The highest BCUT2D eigenvalue weighted by molar-refractivity contribution is 6.71. The summed E-state index contributed by atoms with van der Waals surface area (Å²) in [6.07, 6.45) is -0.987. The monoisotopic (exact) mass is 856 g/mol.